The fourth-order valence-electron chi connectivity index (χ4n) is 1.80. The van der Waals surface area contributed by atoms with E-state index in [1.807, 2.05) is 10.5 Å². The molecule has 1 aromatic carbocycles. The number of fused-ring (bicyclic) bond motifs is 1. The van der Waals surface area contributed by atoms with Gasteiger partial charge in [-0.1, -0.05) is 6.07 Å². The molecule has 0 saturated heterocycles. The third-order valence-corrected chi connectivity index (χ3v) is 3.00. The second kappa shape index (κ2) is 4.20. The molecule has 0 saturated carbocycles. The number of hydrogen-bond acceptors (Lipinski definition) is 2. The van der Waals surface area contributed by atoms with E-state index in [-0.39, 0.29) is 0 Å². The van der Waals surface area contributed by atoms with E-state index in [1.54, 1.807) is 7.11 Å². The van der Waals surface area contributed by atoms with Crippen molar-refractivity contribution in [3.63, 3.8) is 0 Å². The summed E-state index contributed by atoms with van der Waals surface area (Å²) in [5, 5.41) is 0. The molecule has 0 radical (unpaired) electrons. The highest BCUT2D eigenvalue weighted by atomic mass is 35.5. The van der Waals surface area contributed by atoms with Gasteiger partial charge in [-0.3, -0.25) is 0 Å². The molecule has 14 heavy (non-hydrogen) atoms. The molecule has 0 atom stereocenters. The summed E-state index contributed by atoms with van der Waals surface area (Å²) in [7, 11) is 1.70. The van der Waals surface area contributed by atoms with Crippen LogP contribution in [0.4, 0.5) is 0 Å². The molecule has 1 heterocycles. The second-order valence-electron chi connectivity index (χ2n) is 3.54. The van der Waals surface area contributed by atoms with E-state index in [0.29, 0.717) is 0 Å². The summed E-state index contributed by atoms with van der Waals surface area (Å²) in [6.07, 6.45) is 2.04. The number of methoxy groups -OCH3 is 1. The average molecular weight is 212 g/mol. The van der Waals surface area contributed by atoms with Crippen LogP contribution in [0.3, 0.4) is 0 Å². The Balaban J connectivity index is 2.27. The Morgan fingerprint density at radius 2 is 1.93 bits per heavy atom. The topological polar surface area (TPSA) is 12.5 Å². The van der Waals surface area contributed by atoms with Crippen LogP contribution < -0.4 is 4.74 Å². The largest absolute Gasteiger partial charge is 0.497 e. The lowest BCUT2D eigenvalue weighted by molar-refractivity contribution is 0.414. The zero-order valence-electron chi connectivity index (χ0n) is 8.29. The van der Waals surface area contributed by atoms with E-state index in [4.69, 9.17) is 16.5 Å². The lowest BCUT2D eigenvalue weighted by Crippen LogP contribution is -2.14. The van der Waals surface area contributed by atoms with Gasteiger partial charge in [-0.05, 0) is 47.9 Å². The molecule has 0 unspecified atom stereocenters. The van der Waals surface area contributed by atoms with Crippen molar-refractivity contribution in [1.82, 2.24) is 4.42 Å². The van der Waals surface area contributed by atoms with Gasteiger partial charge in [0.05, 0.1) is 7.11 Å². The first-order valence-electron chi connectivity index (χ1n) is 4.86. The Kier molecular flexibility index (Phi) is 2.94. The zero-order chi connectivity index (χ0) is 9.97. The molecule has 76 valence electrons. The van der Waals surface area contributed by atoms with Crippen molar-refractivity contribution in [2.24, 2.45) is 0 Å². The van der Waals surface area contributed by atoms with Crippen LogP contribution in [0.5, 0.6) is 5.75 Å². The Morgan fingerprint density at radius 1 is 1.21 bits per heavy atom. The SMILES string of the molecule is COc1ccc2c(c1)CCN(Cl)CC2. The van der Waals surface area contributed by atoms with Gasteiger partial charge in [0.15, 0.2) is 0 Å². The van der Waals surface area contributed by atoms with Gasteiger partial charge in [0, 0.05) is 13.1 Å². The van der Waals surface area contributed by atoms with Crippen molar-refractivity contribution < 1.29 is 4.74 Å². The Hall–Kier alpha value is -0.730. The van der Waals surface area contributed by atoms with Crippen LogP contribution in [0.1, 0.15) is 11.1 Å². The summed E-state index contributed by atoms with van der Waals surface area (Å²) in [6, 6.07) is 6.28. The van der Waals surface area contributed by atoms with E-state index in [9.17, 15) is 0 Å². The predicted molar refractivity (Wildman–Crippen MR) is 57.8 cm³/mol. The van der Waals surface area contributed by atoms with Crippen LogP contribution >= 0.6 is 11.8 Å². The molecular weight excluding hydrogens is 198 g/mol. The van der Waals surface area contributed by atoms with Gasteiger partial charge >= 0.3 is 0 Å². The van der Waals surface area contributed by atoms with Crippen LogP contribution in [0.15, 0.2) is 18.2 Å². The molecule has 0 fully saturated rings. The molecule has 0 aliphatic carbocycles. The van der Waals surface area contributed by atoms with E-state index in [2.05, 4.69) is 12.1 Å². The second-order valence-corrected chi connectivity index (χ2v) is 4.02. The number of halogens is 1. The molecule has 0 spiro atoms. The minimum absolute atomic E-state index is 0.918. The number of ether oxygens (including phenoxy) is 1. The molecule has 1 aliphatic heterocycles. The standard InChI is InChI=1S/C11H14ClNO/c1-14-11-3-2-9-4-6-13(12)7-5-10(9)8-11/h2-3,8H,4-7H2,1H3. The highest BCUT2D eigenvalue weighted by molar-refractivity contribution is 6.13. The third kappa shape index (κ3) is 2.02. The molecule has 3 heteroatoms. The molecule has 2 nitrogen and oxygen atoms in total. The first-order chi connectivity index (χ1) is 6.79. The van der Waals surface area contributed by atoms with E-state index in [0.717, 1.165) is 31.7 Å². The highest BCUT2D eigenvalue weighted by Crippen LogP contribution is 2.21. The first-order valence-corrected chi connectivity index (χ1v) is 5.20. The first kappa shape index (κ1) is 9.81. The molecule has 0 N–H and O–H groups in total. The number of benzene rings is 1. The van der Waals surface area contributed by atoms with Crippen molar-refractivity contribution in [1.29, 1.82) is 0 Å². The van der Waals surface area contributed by atoms with Gasteiger partial charge in [-0.15, -0.1) is 0 Å². The van der Waals surface area contributed by atoms with Crippen molar-refractivity contribution in [2.45, 2.75) is 12.8 Å². The van der Waals surface area contributed by atoms with Crippen LogP contribution in [0.25, 0.3) is 0 Å². The van der Waals surface area contributed by atoms with E-state index in [1.165, 1.54) is 11.1 Å². The minimum atomic E-state index is 0.918. The van der Waals surface area contributed by atoms with Gasteiger partial charge in [-0.2, -0.15) is 0 Å². The van der Waals surface area contributed by atoms with Gasteiger partial charge in [0.2, 0.25) is 0 Å². The zero-order valence-corrected chi connectivity index (χ0v) is 9.05. The number of nitrogens with zero attached hydrogens (tertiary/aromatic N) is 1. The van der Waals surface area contributed by atoms with Crippen LogP contribution in [0.2, 0.25) is 0 Å². The maximum atomic E-state index is 5.99. The van der Waals surface area contributed by atoms with Crippen molar-refractivity contribution in [3.05, 3.63) is 29.3 Å². The Morgan fingerprint density at radius 3 is 2.64 bits per heavy atom. The monoisotopic (exact) mass is 211 g/mol. The summed E-state index contributed by atoms with van der Waals surface area (Å²) < 4.78 is 7.05. The summed E-state index contributed by atoms with van der Waals surface area (Å²) in [5.74, 6) is 0.937. The van der Waals surface area contributed by atoms with Crippen molar-refractivity contribution in [2.75, 3.05) is 20.2 Å². The summed E-state index contributed by atoms with van der Waals surface area (Å²) >= 11 is 5.99. The fraction of sp³-hybridized carbons (Fsp3) is 0.455. The predicted octanol–water partition coefficient (Wildman–Crippen LogP) is 2.25. The third-order valence-electron chi connectivity index (χ3n) is 2.66. The Bertz CT molecular complexity index is 327. The van der Waals surface area contributed by atoms with Gasteiger partial charge in [0.1, 0.15) is 5.75 Å². The summed E-state index contributed by atoms with van der Waals surface area (Å²) in [4.78, 5) is 0. The van der Waals surface area contributed by atoms with Crippen LogP contribution in [0, 0.1) is 0 Å². The maximum absolute atomic E-state index is 5.99. The van der Waals surface area contributed by atoms with Crippen LogP contribution in [-0.2, 0) is 12.8 Å². The van der Waals surface area contributed by atoms with Gasteiger partial charge in [-0.25, -0.2) is 4.42 Å². The summed E-state index contributed by atoms with van der Waals surface area (Å²) in [6.45, 7) is 1.85. The molecule has 1 aromatic rings. The number of hydrogen-bond donors (Lipinski definition) is 0. The molecular formula is C11H14ClNO. The van der Waals surface area contributed by atoms with E-state index >= 15 is 0 Å². The average Bonchev–Trinajstić information content (AvgIpc) is 2.40. The maximum Gasteiger partial charge on any atom is 0.119 e. The van der Waals surface area contributed by atoms with Gasteiger partial charge < -0.3 is 4.74 Å². The smallest absolute Gasteiger partial charge is 0.119 e. The quantitative estimate of drug-likeness (QED) is 0.661. The van der Waals surface area contributed by atoms with Crippen molar-refractivity contribution >= 4 is 11.8 Å². The molecule has 0 aromatic heterocycles. The normalized spacial score (nSPS) is 17.3. The number of rotatable bonds is 1. The van der Waals surface area contributed by atoms with Gasteiger partial charge in [0.25, 0.3) is 0 Å². The molecule has 2 rings (SSSR count). The lowest BCUT2D eigenvalue weighted by atomic mass is 10.0. The minimum Gasteiger partial charge on any atom is -0.497 e. The molecule has 0 bridgehead atoms. The fourth-order valence-corrected chi connectivity index (χ4v) is 1.97. The highest BCUT2D eigenvalue weighted by Gasteiger charge is 2.12. The lowest BCUT2D eigenvalue weighted by Gasteiger charge is -2.07. The van der Waals surface area contributed by atoms with E-state index < -0.39 is 0 Å². The Labute approximate surface area is 89.5 Å². The van der Waals surface area contributed by atoms with Crippen molar-refractivity contribution in [3.8, 4) is 5.75 Å². The summed E-state index contributed by atoms with van der Waals surface area (Å²) in [5.41, 5.74) is 2.77. The molecule has 1 aliphatic rings. The van der Waals surface area contributed by atoms with Crippen LogP contribution in [-0.4, -0.2) is 24.6 Å². The molecule has 0 amide bonds.